The molecule has 0 saturated carbocycles. The Balaban J connectivity index is 1.77. The monoisotopic (exact) mass is 319 g/mol. The number of halogens is 1. The molecule has 0 atom stereocenters. The first kappa shape index (κ1) is 14.9. The molecular weight excluding hydrogens is 302 g/mol. The van der Waals surface area contributed by atoms with Crippen LogP contribution in [0, 0.1) is 0 Å². The minimum Gasteiger partial charge on any atom is -0.444 e. The average molecular weight is 320 g/mol. The summed E-state index contributed by atoms with van der Waals surface area (Å²) >= 11 is 6.16. The minimum atomic E-state index is -0.488. The number of aromatic nitrogens is 2. The number of carbonyl (C=O) groups excluding carboxylic acids is 1. The maximum Gasteiger partial charge on any atom is 0.410 e. The normalized spacial score (nSPS) is 15.3. The van der Waals surface area contributed by atoms with E-state index in [4.69, 9.17) is 16.3 Å². The van der Waals surface area contributed by atoms with Gasteiger partial charge in [-0.15, -0.1) is 0 Å². The third kappa shape index (κ3) is 2.95. The number of pyridine rings is 1. The molecule has 1 aliphatic heterocycles. The number of amides is 1. The minimum absolute atomic E-state index is 0.300. The maximum atomic E-state index is 12.1. The summed E-state index contributed by atoms with van der Waals surface area (Å²) in [6, 6.07) is 3.73. The van der Waals surface area contributed by atoms with Crippen molar-refractivity contribution in [2.45, 2.75) is 26.4 Å². The first-order valence-electron chi connectivity index (χ1n) is 7.14. The van der Waals surface area contributed by atoms with Gasteiger partial charge in [0.15, 0.2) is 0 Å². The molecule has 6 heteroatoms. The quantitative estimate of drug-likeness (QED) is 0.868. The predicted octanol–water partition coefficient (Wildman–Crippen LogP) is 3.85. The number of rotatable bonds is 1. The van der Waals surface area contributed by atoms with Crippen molar-refractivity contribution < 1.29 is 9.53 Å². The molecule has 3 rings (SSSR count). The average Bonchev–Trinajstić information content (AvgIpc) is 3.03. The smallest absolute Gasteiger partial charge is 0.410 e. The SMILES string of the molecule is CC(C)(C)OC(=O)N1CC=C(c2cc3c(Cl)ccnc3[nH]2)C1. The van der Waals surface area contributed by atoms with Gasteiger partial charge in [0.2, 0.25) is 0 Å². The van der Waals surface area contributed by atoms with Gasteiger partial charge in [-0.05, 0) is 38.5 Å². The van der Waals surface area contributed by atoms with E-state index in [1.807, 2.05) is 32.9 Å². The lowest BCUT2D eigenvalue weighted by atomic mass is 10.2. The van der Waals surface area contributed by atoms with Gasteiger partial charge in [-0.1, -0.05) is 17.7 Å². The lowest BCUT2D eigenvalue weighted by Crippen LogP contribution is -2.35. The molecule has 0 fully saturated rings. The topological polar surface area (TPSA) is 58.2 Å². The molecule has 116 valence electrons. The molecule has 3 heterocycles. The van der Waals surface area contributed by atoms with E-state index in [0.29, 0.717) is 18.1 Å². The number of carbonyl (C=O) groups is 1. The van der Waals surface area contributed by atoms with E-state index in [2.05, 4.69) is 9.97 Å². The molecule has 2 aromatic rings. The Morgan fingerprint density at radius 2 is 2.23 bits per heavy atom. The second-order valence-electron chi connectivity index (χ2n) is 6.33. The largest absolute Gasteiger partial charge is 0.444 e. The van der Waals surface area contributed by atoms with E-state index >= 15 is 0 Å². The molecule has 1 aliphatic rings. The van der Waals surface area contributed by atoms with Gasteiger partial charge in [-0.25, -0.2) is 9.78 Å². The van der Waals surface area contributed by atoms with Crippen molar-refractivity contribution in [2.75, 3.05) is 13.1 Å². The van der Waals surface area contributed by atoms with Crippen LogP contribution in [0.2, 0.25) is 5.02 Å². The fourth-order valence-electron chi connectivity index (χ4n) is 2.38. The third-order valence-electron chi connectivity index (χ3n) is 3.40. The van der Waals surface area contributed by atoms with E-state index in [1.54, 1.807) is 17.2 Å². The Hall–Kier alpha value is -2.01. The highest BCUT2D eigenvalue weighted by atomic mass is 35.5. The van der Waals surface area contributed by atoms with Crippen LogP contribution in [0.3, 0.4) is 0 Å². The van der Waals surface area contributed by atoms with Crippen LogP contribution in [0.5, 0.6) is 0 Å². The molecule has 0 bridgehead atoms. The zero-order valence-corrected chi connectivity index (χ0v) is 13.6. The molecule has 22 heavy (non-hydrogen) atoms. The van der Waals surface area contributed by atoms with Gasteiger partial charge < -0.3 is 14.6 Å². The highest BCUT2D eigenvalue weighted by Crippen LogP contribution is 2.28. The van der Waals surface area contributed by atoms with Gasteiger partial charge in [0.25, 0.3) is 0 Å². The number of fused-ring (bicyclic) bond motifs is 1. The van der Waals surface area contributed by atoms with Crippen LogP contribution in [-0.2, 0) is 4.74 Å². The van der Waals surface area contributed by atoms with Crippen molar-refractivity contribution in [1.29, 1.82) is 0 Å². The number of aromatic amines is 1. The molecule has 0 aliphatic carbocycles. The molecule has 0 unspecified atom stereocenters. The Kier molecular flexibility index (Phi) is 3.60. The van der Waals surface area contributed by atoms with Crippen LogP contribution in [0.4, 0.5) is 4.79 Å². The summed E-state index contributed by atoms with van der Waals surface area (Å²) in [7, 11) is 0. The highest BCUT2D eigenvalue weighted by Gasteiger charge is 2.26. The van der Waals surface area contributed by atoms with Crippen LogP contribution in [0.25, 0.3) is 16.6 Å². The summed E-state index contributed by atoms with van der Waals surface area (Å²) in [4.78, 5) is 21.3. The van der Waals surface area contributed by atoms with Gasteiger partial charge in [-0.2, -0.15) is 0 Å². The van der Waals surface area contributed by atoms with E-state index in [-0.39, 0.29) is 6.09 Å². The van der Waals surface area contributed by atoms with E-state index in [0.717, 1.165) is 22.3 Å². The van der Waals surface area contributed by atoms with Crippen LogP contribution >= 0.6 is 11.6 Å². The summed E-state index contributed by atoms with van der Waals surface area (Å²) in [5.41, 5.74) is 2.24. The number of hydrogen-bond donors (Lipinski definition) is 1. The Morgan fingerprint density at radius 3 is 2.91 bits per heavy atom. The molecule has 0 aromatic carbocycles. The molecule has 2 aromatic heterocycles. The molecule has 1 amide bonds. The first-order chi connectivity index (χ1) is 10.3. The van der Waals surface area contributed by atoms with Gasteiger partial charge in [0.05, 0.1) is 11.6 Å². The number of H-pyrrole nitrogens is 1. The lowest BCUT2D eigenvalue weighted by Gasteiger charge is -2.24. The van der Waals surface area contributed by atoms with Gasteiger partial charge in [-0.3, -0.25) is 0 Å². The molecule has 5 nitrogen and oxygen atoms in total. The lowest BCUT2D eigenvalue weighted by molar-refractivity contribution is 0.0306. The second-order valence-corrected chi connectivity index (χ2v) is 6.74. The highest BCUT2D eigenvalue weighted by molar-refractivity contribution is 6.35. The zero-order chi connectivity index (χ0) is 15.9. The van der Waals surface area contributed by atoms with Crippen LogP contribution in [0.15, 0.2) is 24.4 Å². The van der Waals surface area contributed by atoms with Crippen molar-refractivity contribution in [3.8, 4) is 0 Å². The van der Waals surface area contributed by atoms with Crippen molar-refractivity contribution in [2.24, 2.45) is 0 Å². The summed E-state index contributed by atoms with van der Waals surface area (Å²) in [6.45, 7) is 6.64. The van der Waals surface area contributed by atoms with E-state index in [1.165, 1.54) is 0 Å². The van der Waals surface area contributed by atoms with Crippen molar-refractivity contribution in [3.63, 3.8) is 0 Å². The fraction of sp³-hybridized carbons (Fsp3) is 0.375. The number of nitrogens with zero attached hydrogens (tertiary/aromatic N) is 2. The summed E-state index contributed by atoms with van der Waals surface area (Å²) < 4.78 is 5.39. The summed E-state index contributed by atoms with van der Waals surface area (Å²) in [5.74, 6) is 0. The van der Waals surface area contributed by atoms with E-state index in [9.17, 15) is 4.79 Å². The van der Waals surface area contributed by atoms with Crippen molar-refractivity contribution in [1.82, 2.24) is 14.9 Å². The zero-order valence-electron chi connectivity index (χ0n) is 12.8. The standard InChI is InChI=1S/C16H18ClN3O2/c1-16(2,3)22-15(21)20-7-5-10(9-20)13-8-11-12(17)4-6-18-14(11)19-13/h4-6,8H,7,9H2,1-3H3,(H,18,19). The van der Waals surface area contributed by atoms with Crippen LogP contribution in [-0.4, -0.2) is 39.7 Å². The van der Waals surface area contributed by atoms with Crippen LogP contribution < -0.4 is 0 Å². The molecule has 0 spiro atoms. The predicted molar refractivity (Wildman–Crippen MR) is 86.9 cm³/mol. The molecule has 0 radical (unpaired) electrons. The van der Waals surface area contributed by atoms with Gasteiger partial charge in [0.1, 0.15) is 11.2 Å². The van der Waals surface area contributed by atoms with Crippen LogP contribution in [0.1, 0.15) is 26.5 Å². The van der Waals surface area contributed by atoms with E-state index < -0.39 is 5.60 Å². The van der Waals surface area contributed by atoms with Crippen molar-refractivity contribution in [3.05, 3.63) is 35.1 Å². The molecular formula is C16H18ClN3O2. The molecule has 0 saturated heterocycles. The molecule has 1 N–H and O–H groups in total. The summed E-state index contributed by atoms with van der Waals surface area (Å²) in [6.07, 6.45) is 3.38. The number of ether oxygens (including phenoxy) is 1. The maximum absolute atomic E-state index is 12.1. The number of nitrogens with one attached hydrogen (secondary N) is 1. The Labute approximate surface area is 133 Å². The fourth-order valence-corrected chi connectivity index (χ4v) is 2.58. The Bertz CT molecular complexity index is 758. The number of hydrogen-bond acceptors (Lipinski definition) is 3. The van der Waals surface area contributed by atoms with Gasteiger partial charge in [0, 0.05) is 23.8 Å². The summed E-state index contributed by atoms with van der Waals surface area (Å²) in [5, 5.41) is 1.55. The Morgan fingerprint density at radius 1 is 1.45 bits per heavy atom. The first-order valence-corrected chi connectivity index (χ1v) is 7.52. The van der Waals surface area contributed by atoms with Gasteiger partial charge >= 0.3 is 6.09 Å². The van der Waals surface area contributed by atoms with Crippen molar-refractivity contribution >= 4 is 34.3 Å². The second kappa shape index (κ2) is 5.32. The third-order valence-corrected chi connectivity index (χ3v) is 3.73.